The number of carbonyl (C=O) groups excluding carboxylic acids is 1. The number of Topliss-reactive ketones (excluding diaryl/α,β-unsaturated/α-hetero) is 1. The molecule has 2 atom stereocenters. The van der Waals surface area contributed by atoms with E-state index in [0.29, 0.717) is 0 Å². The minimum absolute atomic E-state index is 0.120. The van der Waals surface area contributed by atoms with Gasteiger partial charge in [-0.15, -0.1) is 0 Å². The lowest BCUT2D eigenvalue weighted by Crippen LogP contribution is -2.46. The molecule has 16 heavy (non-hydrogen) atoms. The molecule has 0 bridgehead atoms. The Morgan fingerprint density at radius 1 is 1.12 bits per heavy atom. The van der Waals surface area contributed by atoms with E-state index in [1.807, 2.05) is 6.92 Å². The number of hydrogen-bond donors (Lipinski definition) is 0. The van der Waals surface area contributed by atoms with Gasteiger partial charge in [-0.3, -0.25) is 4.79 Å². The topological polar surface area (TPSA) is 17.1 Å². The van der Waals surface area contributed by atoms with Crippen molar-refractivity contribution in [2.75, 3.05) is 0 Å². The molecule has 0 aliphatic rings. The molecule has 0 aliphatic carbocycles. The van der Waals surface area contributed by atoms with Crippen LogP contribution in [-0.4, -0.2) is 20.0 Å². The second-order valence-electron chi connectivity index (χ2n) is 6.74. The molecule has 0 spiro atoms. The summed E-state index contributed by atoms with van der Waals surface area (Å²) in [5.74, 6) is -0.402. The van der Waals surface area contributed by atoms with E-state index in [4.69, 9.17) is 0 Å². The summed E-state index contributed by atoms with van der Waals surface area (Å²) < 4.78 is 13.8. The van der Waals surface area contributed by atoms with Gasteiger partial charge in [-0.25, -0.2) is 4.39 Å². The average molecular weight is 246 g/mol. The van der Waals surface area contributed by atoms with Gasteiger partial charge in [-0.05, 0) is 11.0 Å². The number of ketones is 1. The van der Waals surface area contributed by atoms with Crippen molar-refractivity contribution in [3.05, 3.63) is 0 Å². The molecular weight excluding hydrogens is 219 g/mol. The predicted molar refractivity (Wildman–Crippen MR) is 71.4 cm³/mol. The number of rotatable bonds is 4. The molecule has 0 aromatic rings. The maximum Gasteiger partial charge on any atom is 0.167 e. The quantitative estimate of drug-likeness (QED) is 0.670. The fourth-order valence-electron chi connectivity index (χ4n) is 1.57. The van der Waals surface area contributed by atoms with Crippen LogP contribution in [0.4, 0.5) is 4.39 Å². The summed E-state index contributed by atoms with van der Waals surface area (Å²) in [6, 6.07) is 0. The first-order chi connectivity index (χ1) is 6.93. The monoisotopic (exact) mass is 246 g/mol. The van der Waals surface area contributed by atoms with E-state index >= 15 is 0 Å². The summed E-state index contributed by atoms with van der Waals surface area (Å²) in [5.41, 5.74) is -0.120. The van der Waals surface area contributed by atoms with Crippen molar-refractivity contribution in [2.45, 2.75) is 71.4 Å². The van der Waals surface area contributed by atoms with Crippen LogP contribution in [0, 0.1) is 5.92 Å². The summed E-state index contributed by atoms with van der Waals surface area (Å²) >= 11 is 0. The summed E-state index contributed by atoms with van der Waals surface area (Å²) in [6.07, 6.45) is -1.30. The SMILES string of the molecule is CC(C)[C@@H](F)C(=O)[C@H](C)[Si](C)(C)C(C)(C)C. The molecule has 0 saturated carbocycles. The summed E-state index contributed by atoms with van der Waals surface area (Å²) in [4.78, 5) is 12.0. The molecule has 0 radical (unpaired) electrons. The minimum atomic E-state index is -1.77. The Kier molecular flexibility index (Phi) is 4.93. The minimum Gasteiger partial charge on any atom is -0.296 e. The second kappa shape index (κ2) is 4.99. The highest BCUT2D eigenvalue weighted by Gasteiger charge is 2.45. The van der Waals surface area contributed by atoms with Gasteiger partial charge in [0.15, 0.2) is 12.0 Å². The van der Waals surface area contributed by atoms with Crippen molar-refractivity contribution in [1.82, 2.24) is 0 Å². The molecule has 1 nitrogen and oxygen atoms in total. The zero-order valence-electron chi connectivity index (χ0n) is 12.0. The molecule has 0 unspecified atom stereocenters. The van der Waals surface area contributed by atoms with E-state index in [1.165, 1.54) is 0 Å². The van der Waals surface area contributed by atoms with E-state index in [0.717, 1.165) is 0 Å². The highest BCUT2D eigenvalue weighted by atomic mass is 28.3. The molecule has 3 heteroatoms. The van der Waals surface area contributed by atoms with Gasteiger partial charge in [-0.1, -0.05) is 54.6 Å². The third kappa shape index (κ3) is 3.16. The lowest BCUT2D eigenvalue weighted by molar-refractivity contribution is -0.125. The molecule has 0 N–H and O–H groups in total. The Balaban J connectivity index is 4.94. The summed E-state index contributed by atoms with van der Waals surface area (Å²) in [7, 11) is -1.77. The van der Waals surface area contributed by atoms with Crippen molar-refractivity contribution in [3.8, 4) is 0 Å². The number of alkyl halides is 1. The van der Waals surface area contributed by atoms with Crippen molar-refractivity contribution in [2.24, 2.45) is 5.92 Å². The first-order valence-electron chi connectivity index (χ1n) is 6.10. The van der Waals surface area contributed by atoms with Crippen molar-refractivity contribution in [3.63, 3.8) is 0 Å². The van der Waals surface area contributed by atoms with E-state index in [2.05, 4.69) is 33.9 Å². The van der Waals surface area contributed by atoms with Crippen LogP contribution < -0.4 is 0 Å². The highest BCUT2D eigenvalue weighted by Crippen LogP contribution is 2.44. The fraction of sp³-hybridized carbons (Fsp3) is 0.923. The zero-order chi connectivity index (χ0) is 13.3. The van der Waals surface area contributed by atoms with Crippen molar-refractivity contribution < 1.29 is 9.18 Å². The number of carbonyl (C=O) groups is 1. The molecule has 0 amide bonds. The Hall–Kier alpha value is -0.183. The number of hydrogen-bond acceptors (Lipinski definition) is 1. The normalized spacial score (nSPS) is 17.4. The molecule has 0 fully saturated rings. The smallest absolute Gasteiger partial charge is 0.167 e. The molecule has 0 saturated heterocycles. The lowest BCUT2D eigenvalue weighted by atomic mass is 10.0. The fourth-order valence-corrected chi connectivity index (χ4v) is 3.74. The van der Waals surface area contributed by atoms with E-state index < -0.39 is 14.2 Å². The van der Waals surface area contributed by atoms with Crippen LogP contribution in [0.2, 0.25) is 23.7 Å². The van der Waals surface area contributed by atoms with Gasteiger partial charge in [-0.2, -0.15) is 0 Å². The van der Waals surface area contributed by atoms with Crippen molar-refractivity contribution >= 4 is 13.9 Å². The first kappa shape index (κ1) is 15.8. The Labute approximate surface area is 101 Å². The molecule has 0 rings (SSSR count). The Morgan fingerprint density at radius 3 is 1.75 bits per heavy atom. The molecule has 96 valence electrons. The van der Waals surface area contributed by atoms with Gasteiger partial charge in [0.25, 0.3) is 0 Å². The maximum absolute atomic E-state index is 13.8. The summed E-state index contributed by atoms with van der Waals surface area (Å²) in [5, 5.41) is 0.124. The number of halogens is 1. The van der Waals surface area contributed by atoms with Crippen LogP contribution >= 0.6 is 0 Å². The summed E-state index contributed by atoms with van der Waals surface area (Å²) in [6.45, 7) is 16.3. The second-order valence-corrected chi connectivity index (χ2v) is 12.6. The van der Waals surface area contributed by atoms with Gasteiger partial charge in [0, 0.05) is 5.54 Å². The molecule has 0 aromatic heterocycles. The van der Waals surface area contributed by atoms with Crippen LogP contribution in [0.5, 0.6) is 0 Å². The van der Waals surface area contributed by atoms with Gasteiger partial charge < -0.3 is 0 Å². The third-order valence-electron chi connectivity index (χ3n) is 4.30. The standard InChI is InChI=1S/C13H27FOSi/c1-9(2)11(14)12(15)10(3)16(7,8)13(4,5)6/h9-11H,1-8H3/t10-,11+/m0/s1. The highest BCUT2D eigenvalue weighted by molar-refractivity contribution is 6.84. The van der Waals surface area contributed by atoms with Crippen LogP contribution in [0.1, 0.15) is 41.5 Å². The predicted octanol–water partition coefficient (Wildman–Crippen LogP) is 4.45. The van der Waals surface area contributed by atoms with Crippen molar-refractivity contribution in [1.29, 1.82) is 0 Å². The third-order valence-corrected chi connectivity index (χ3v) is 10.6. The Bertz CT molecular complexity index is 253. The largest absolute Gasteiger partial charge is 0.296 e. The molecular formula is C13H27FOSi. The first-order valence-corrected chi connectivity index (χ1v) is 9.18. The molecule has 0 aromatic carbocycles. The van der Waals surface area contributed by atoms with Crippen LogP contribution in [-0.2, 0) is 4.79 Å². The van der Waals surface area contributed by atoms with Crippen LogP contribution in [0.15, 0.2) is 0 Å². The van der Waals surface area contributed by atoms with E-state index in [-0.39, 0.29) is 22.3 Å². The lowest BCUT2D eigenvalue weighted by Gasteiger charge is -2.41. The van der Waals surface area contributed by atoms with Gasteiger partial charge in [0.05, 0.1) is 8.07 Å². The van der Waals surface area contributed by atoms with Crippen LogP contribution in [0.25, 0.3) is 0 Å². The van der Waals surface area contributed by atoms with E-state index in [1.54, 1.807) is 13.8 Å². The molecule has 0 heterocycles. The van der Waals surface area contributed by atoms with Crippen LogP contribution in [0.3, 0.4) is 0 Å². The van der Waals surface area contributed by atoms with E-state index in [9.17, 15) is 9.18 Å². The molecule has 0 aliphatic heterocycles. The maximum atomic E-state index is 13.8. The van der Waals surface area contributed by atoms with Gasteiger partial charge in [0.2, 0.25) is 0 Å². The zero-order valence-corrected chi connectivity index (χ0v) is 13.0. The Morgan fingerprint density at radius 2 is 1.50 bits per heavy atom. The van der Waals surface area contributed by atoms with Gasteiger partial charge >= 0.3 is 0 Å². The average Bonchev–Trinajstić information content (AvgIpc) is 2.12. The van der Waals surface area contributed by atoms with Gasteiger partial charge in [0.1, 0.15) is 0 Å².